The first-order valence-corrected chi connectivity index (χ1v) is 10.8. The fourth-order valence-electron chi connectivity index (χ4n) is 3.71. The first kappa shape index (κ1) is 21.7. The van der Waals surface area contributed by atoms with Crippen molar-refractivity contribution >= 4 is 17.3 Å². The molecule has 0 unspecified atom stereocenters. The number of aromatic nitrogens is 1. The summed E-state index contributed by atoms with van der Waals surface area (Å²) in [6.07, 6.45) is 0. The molecule has 0 fully saturated rings. The highest BCUT2D eigenvalue weighted by atomic mass is 35.5. The Morgan fingerprint density at radius 1 is 0.938 bits per heavy atom. The van der Waals surface area contributed by atoms with Gasteiger partial charge < -0.3 is 14.1 Å². The van der Waals surface area contributed by atoms with E-state index < -0.39 is 0 Å². The number of ether oxygens (including phenoxy) is 1. The molecule has 0 aliphatic rings. The van der Waals surface area contributed by atoms with Crippen molar-refractivity contribution in [3.63, 3.8) is 0 Å². The molecule has 4 rings (SSSR count). The van der Waals surface area contributed by atoms with E-state index in [1.807, 2.05) is 73.7 Å². The maximum Gasteiger partial charge on any atom is 0.142 e. The molecule has 4 aromatic rings. The van der Waals surface area contributed by atoms with Gasteiger partial charge in [-0.3, -0.25) is 0 Å². The van der Waals surface area contributed by atoms with Gasteiger partial charge in [0.1, 0.15) is 12.4 Å². The summed E-state index contributed by atoms with van der Waals surface area (Å²) >= 11 is 6.57. The molecule has 1 heterocycles. The highest BCUT2D eigenvalue weighted by Crippen LogP contribution is 2.32. The van der Waals surface area contributed by atoms with Gasteiger partial charge in [-0.1, -0.05) is 71.4 Å². The van der Waals surface area contributed by atoms with Crippen molar-refractivity contribution in [3.8, 4) is 22.7 Å². The van der Waals surface area contributed by atoms with Gasteiger partial charge in [0.25, 0.3) is 0 Å². The van der Waals surface area contributed by atoms with Crippen molar-refractivity contribution in [1.82, 2.24) is 4.57 Å². The smallest absolute Gasteiger partial charge is 0.142 e. The van der Waals surface area contributed by atoms with E-state index in [-0.39, 0.29) is 0 Å². The fraction of sp³-hybridized carbons (Fsp3) is 0.148. The number of hydrogen-bond acceptors (Lipinski definition) is 3. The minimum Gasteiger partial charge on any atom is -0.497 e. The zero-order valence-electron chi connectivity index (χ0n) is 18.4. The van der Waals surface area contributed by atoms with Crippen LogP contribution in [0.25, 0.3) is 16.9 Å². The third kappa shape index (κ3) is 4.56. The second-order valence-corrected chi connectivity index (χ2v) is 7.89. The van der Waals surface area contributed by atoms with Crippen LogP contribution in [0.2, 0.25) is 5.02 Å². The fourth-order valence-corrected chi connectivity index (χ4v) is 3.93. The second kappa shape index (κ2) is 9.75. The van der Waals surface area contributed by atoms with Gasteiger partial charge >= 0.3 is 0 Å². The summed E-state index contributed by atoms with van der Waals surface area (Å²) in [5.41, 5.74) is 6.98. The number of halogens is 1. The van der Waals surface area contributed by atoms with E-state index >= 15 is 0 Å². The molecule has 0 aliphatic heterocycles. The number of nitrogens with zero attached hydrogens (tertiary/aromatic N) is 2. The quantitative estimate of drug-likeness (QED) is 0.226. The lowest BCUT2D eigenvalue weighted by Gasteiger charge is -2.14. The molecule has 0 aliphatic carbocycles. The predicted molar refractivity (Wildman–Crippen MR) is 131 cm³/mol. The second-order valence-electron chi connectivity index (χ2n) is 7.48. The monoisotopic (exact) mass is 444 g/mol. The van der Waals surface area contributed by atoms with Gasteiger partial charge in [-0.05, 0) is 55.3 Å². The summed E-state index contributed by atoms with van der Waals surface area (Å²) < 4.78 is 7.37. The van der Waals surface area contributed by atoms with Gasteiger partial charge in [0.05, 0.1) is 29.2 Å². The minimum absolute atomic E-state index is 0.386. The van der Waals surface area contributed by atoms with Crippen LogP contribution >= 0.6 is 11.6 Å². The summed E-state index contributed by atoms with van der Waals surface area (Å²) in [6.45, 7) is 4.42. The Bertz CT molecular complexity index is 1230. The lowest BCUT2D eigenvalue weighted by atomic mass is 10.1. The molecule has 0 spiro atoms. The molecule has 3 aromatic carbocycles. The molecule has 32 heavy (non-hydrogen) atoms. The summed E-state index contributed by atoms with van der Waals surface area (Å²) in [5, 5.41) is 5.09. The predicted octanol–water partition coefficient (Wildman–Crippen LogP) is 7.06. The molecular weight excluding hydrogens is 420 g/mol. The number of hydrogen-bond donors (Lipinski definition) is 0. The Balaban J connectivity index is 1.67. The standard InChI is InChI=1S/C27H25ClN2O2/c1-19(29-32-18-21-13-15-23(31-3)16-14-21)24-17-27(22-9-5-4-6-10-22)30(20(24)2)26-12-8-7-11-25(26)28/h4-17H,18H2,1-3H3/b29-19-. The average molecular weight is 445 g/mol. The largest absolute Gasteiger partial charge is 0.497 e. The number of benzene rings is 3. The molecule has 162 valence electrons. The van der Waals surface area contributed by atoms with Gasteiger partial charge in [0.15, 0.2) is 0 Å². The van der Waals surface area contributed by atoms with E-state index in [4.69, 9.17) is 21.2 Å². The van der Waals surface area contributed by atoms with Crippen LogP contribution in [0.5, 0.6) is 5.75 Å². The SMILES string of the molecule is COc1ccc(CO/N=C(/C)c2cc(-c3ccccc3)n(-c3ccccc3Cl)c2C)cc1. The zero-order chi connectivity index (χ0) is 22.5. The lowest BCUT2D eigenvalue weighted by Crippen LogP contribution is -2.03. The van der Waals surface area contributed by atoms with E-state index in [1.165, 1.54) is 0 Å². The molecule has 0 saturated carbocycles. The molecule has 0 atom stereocenters. The zero-order valence-corrected chi connectivity index (χ0v) is 19.1. The van der Waals surface area contributed by atoms with Crippen molar-refractivity contribution in [2.45, 2.75) is 20.5 Å². The highest BCUT2D eigenvalue weighted by molar-refractivity contribution is 6.32. The van der Waals surface area contributed by atoms with Crippen LogP contribution in [0.4, 0.5) is 0 Å². The molecular formula is C27H25ClN2O2. The van der Waals surface area contributed by atoms with Crippen molar-refractivity contribution in [3.05, 3.63) is 107 Å². The molecule has 0 amide bonds. The first-order valence-electron chi connectivity index (χ1n) is 10.4. The van der Waals surface area contributed by atoms with E-state index in [0.29, 0.717) is 11.6 Å². The van der Waals surface area contributed by atoms with Gasteiger partial charge in [-0.25, -0.2) is 0 Å². The van der Waals surface area contributed by atoms with E-state index in [1.54, 1.807) is 7.11 Å². The van der Waals surface area contributed by atoms with Crippen LogP contribution in [-0.2, 0) is 11.4 Å². The third-order valence-corrected chi connectivity index (χ3v) is 5.71. The Morgan fingerprint density at radius 3 is 2.31 bits per heavy atom. The number of methoxy groups -OCH3 is 1. The van der Waals surface area contributed by atoms with Crippen LogP contribution in [0.15, 0.2) is 90.1 Å². The van der Waals surface area contributed by atoms with Gasteiger partial charge in [-0.2, -0.15) is 0 Å². The van der Waals surface area contributed by atoms with E-state index in [9.17, 15) is 0 Å². The van der Waals surface area contributed by atoms with E-state index in [2.05, 4.69) is 34.8 Å². The maximum absolute atomic E-state index is 6.57. The Labute approximate surface area is 193 Å². The third-order valence-electron chi connectivity index (χ3n) is 5.39. The normalized spacial score (nSPS) is 11.4. The van der Waals surface area contributed by atoms with Gasteiger partial charge in [0.2, 0.25) is 0 Å². The minimum atomic E-state index is 0.386. The van der Waals surface area contributed by atoms with E-state index in [0.717, 1.165) is 45.2 Å². The Kier molecular flexibility index (Phi) is 6.62. The summed E-state index contributed by atoms with van der Waals surface area (Å²) in [4.78, 5) is 5.66. The summed E-state index contributed by atoms with van der Waals surface area (Å²) in [6, 6.07) is 28.0. The topological polar surface area (TPSA) is 35.8 Å². The number of rotatable bonds is 7. The molecule has 1 aromatic heterocycles. The first-order chi connectivity index (χ1) is 15.6. The average Bonchev–Trinajstić information content (AvgIpc) is 3.17. The number of oxime groups is 1. The Morgan fingerprint density at radius 2 is 1.62 bits per heavy atom. The van der Waals surface area contributed by atoms with Crippen molar-refractivity contribution in [2.75, 3.05) is 7.11 Å². The van der Waals surface area contributed by atoms with Gasteiger partial charge in [0, 0.05) is 11.3 Å². The molecule has 0 N–H and O–H groups in total. The number of para-hydroxylation sites is 1. The molecule has 0 bridgehead atoms. The van der Waals surface area contributed by atoms with Crippen LogP contribution < -0.4 is 4.74 Å². The van der Waals surface area contributed by atoms with Crippen LogP contribution in [-0.4, -0.2) is 17.4 Å². The van der Waals surface area contributed by atoms with Gasteiger partial charge in [-0.15, -0.1) is 0 Å². The van der Waals surface area contributed by atoms with Crippen LogP contribution in [0.1, 0.15) is 23.7 Å². The molecule has 0 saturated heterocycles. The highest BCUT2D eigenvalue weighted by Gasteiger charge is 2.18. The summed E-state index contributed by atoms with van der Waals surface area (Å²) in [7, 11) is 1.65. The van der Waals surface area contributed by atoms with Crippen molar-refractivity contribution in [2.24, 2.45) is 5.16 Å². The molecule has 4 nitrogen and oxygen atoms in total. The van der Waals surface area contributed by atoms with Crippen molar-refractivity contribution in [1.29, 1.82) is 0 Å². The summed E-state index contributed by atoms with van der Waals surface area (Å²) in [5.74, 6) is 0.818. The molecule has 0 radical (unpaired) electrons. The Hall–Kier alpha value is -3.50. The maximum atomic E-state index is 6.57. The van der Waals surface area contributed by atoms with Crippen LogP contribution in [0.3, 0.4) is 0 Å². The molecule has 5 heteroatoms. The van der Waals surface area contributed by atoms with Crippen molar-refractivity contribution < 1.29 is 9.57 Å². The lowest BCUT2D eigenvalue weighted by molar-refractivity contribution is 0.130. The van der Waals surface area contributed by atoms with Crippen LogP contribution in [0, 0.1) is 6.92 Å².